The highest BCUT2D eigenvalue weighted by atomic mass is 19.1. The first kappa shape index (κ1) is 14.8. The second-order valence-corrected chi connectivity index (χ2v) is 4.27. The number of rotatable bonds is 4. The fourth-order valence-electron chi connectivity index (χ4n) is 1.74. The van der Waals surface area contributed by atoms with Crippen LogP contribution in [-0.4, -0.2) is 12.6 Å². The van der Waals surface area contributed by atoms with E-state index in [2.05, 4.69) is 5.32 Å². The van der Waals surface area contributed by atoms with Crippen molar-refractivity contribution in [3.63, 3.8) is 0 Å². The summed E-state index contributed by atoms with van der Waals surface area (Å²) >= 11 is 0. The lowest BCUT2D eigenvalue weighted by atomic mass is 10.1. The molecular formula is C15H14F2N2O2. The van der Waals surface area contributed by atoms with Crippen molar-refractivity contribution in [1.29, 1.82) is 0 Å². The molecule has 0 aromatic heterocycles. The minimum Gasteiger partial charge on any atom is -0.462 e. The zero-order valence-electron chi connectivity index (χ0n) is 11.3. The maximum absolute atomic E-state index is 13.6. The van der Waals surface area contributed by atoms with E-state index in [1.807, 2.05) is 0 Å². The molecule has 0 radical (unpaired) electrons. The Bertz CT molecular complexity index is 675. The molecule has 0 bridgehead atoms. The molecule has 0 spiro atoms. The van der Waals surface area contributed by atoms with E-state index >= 15 is 0 Å². The maximum atomic E-state index is 13.6. The van der Waals surface area contributed by atoms with E-state index in [1.165, 1.54) is 18.2 Å². The number of hydrogen-bond acceptors (Lipinski definition) is 4. The third kappa shape index (κ3) is 3.47. The van der Waals surface area contributed by atoms with Crippen LogP contribution in [0.15, 0.2) is 36.4 Å². The van der Waals surface area contributed by atoms with Crippen molar-refractivity contribution in [2.24, 2.45) is 0 Å². The van der Waals surface area contributed by atoms with Crippen LogP contribution in [0.2, 0.25) is 0 Å². The van der Waals surface area contributed by atoms with E-state index in [4.69, 9.17) is 10.5 Å². The van der Waals surface area contributed by atoms with Crippen molar-refractivity contribution in [1.82, 2.24) is 0 Å². The zero-order valence-corrected chi connectivity index (χ0v) is 11.3. The predicted molar refractivity (Wildman–Crippen MR) is 76.5 cm³/mol. The first-order valence-electron chi connectivity index (χ1n) is 6.30. The number of carbonyl (C=O) groups excluding carboxylic acids is 1. The van der Waals surface area contributed by atoms with Gasteiger partial charge in [-0.15, -0.1) is 0 Å². The van der Waals surface area contributed by atoms with Crippen LogP contribution in [0.1, 0.15) is 17.3 Å². The van der Waals surface area contributed by atoms with Gasteiger partial charge in [0.05, 0.1) is 29.2 Å². The largest absolute Gasteiger partial charge is 0.462 e. The number of carbonyl (C=O) groups is 1. The van der Waals surface area contributed by atoms with Gasteiger partial charge in [-0.1, -0.05) is 0 Å². The van der Waals surface area contributed by atoms with Crippen LogP contribution < -0.4 is 11.1 Å². The molecule has 2 aromatic rings. The number of anilines is 3. The average Bonchev–Trinajstić information content (AvgIpc) is 2.45. The monoisotopic (exact) mass is 292 g/mol. The molecule has 0 unspecified atom stereocenters. The lowest BCUT2D eigenvalue weighted by Crippen LogP contribution is -2.06. The number of nitrogens with two attached hydrogens (primary N) is 1. The van der Waals surface area contributed by atoms with Crippen LogP contribution in [0.25, 0.3) is 0 Å². The Morgan fingerprint density at radius 1 is 1.19 bits per heavy atom. The predicted octanol–water partition coefficient (Wildman–Crippen LogP) is 3.47. The molecule has 0 atom stereocenters. The molecule has 21 heavy (non-hydrogen) atoms. The van der Waals surface area contributed by atoms with Gasteiger partial charge < -0.3 is 15.8 Å². The van der Waals surface area contributed by atoms with Crippen LogP contribution in [0.5, 0.6) is 0 Å². The molecule has 0 amide bonds. The van der Waals surface area contributed by atoms with Crippen LogP contribution in [0, 0.1) is 11.6 Å². The summed E-state index contributed by atoms with van der Waals surface area (Å²) in [5, 5.41) is 2.67. The molecule has 6 heteroatoms. The van der Waals surface area contributed by atoms with E-state index in [9.17, 15) is 13.6 Å². The fourth-order valence-corrected chi connectivity index (χ4v) is 1.74. The third-order valence-electron chi connectivity index (χ3n) is 2.76. The van der Waals surface area contributed by atoms with Crippen molar-refractivity contribution in [3.8, 4) is 0 Å². The van der Waals surface area contributed by atoms with Gasteiger partial charge >= 0.3 is 5.97 Å². The van der Waals surface area contributed by atoms with Gasteiger partial charge in [0.25, 0.3) is 0 Å². The summed E-state index contributed by atoms with van der Waals surface area (Å²) in [5.41, 5.74) is 6.56. The summed E-state index contributed by atoms with van der Waals surface area (Å²) in [6.45, 7) is 1.93. The van der Waals surface area contributed by atoms with Crippen LogP contribution in [0.4, 0.5) is 25.8 Å². The summed E-state index contributed by atoms with van der Waals surface area (Å²) in [6, 6.07) is 7.44. The molecule has 2 rings (SSSR count). The van der Waals surface area contributed by atoms with Gasteiger partial charge in [0.2, 0.25) is 0 Å². The van der Waals surface area contributed by atoms with E-state index in [0.29, 0.717) is 11.4 Å². The molecule has 0 saturated carbocycles. The van der Waals surface area contributed by atoms with Gasteiger partial charge in [0.15, 0.2) is 0 Å². The minimum absolute atomic E-state index is 0.0669. The van der Waals surface area contributed by atoms with Crippen molar-refractivity contribution >= 4 is 23.0 Å². The average molecular weight is 292 g/mol. The first-order valence-corrected chi connectivity index (χ1v) is 6.30. The molecule has 0 aliphatic heterocycles. The Hall–Kier alpha value is -2.63. The summed E-state index contributed by atoms with van der Waals surface area (Å²) in [5.74, 6) is -1.73. The number of nitrogen functional groups attached to an aromatic ring is 1. The minimum atomic E-state index is -0.627. The van der Waals surface area contributed by atoms with Gasteiger partial charge in [-0.3, -0.25) is 0 Å². The van der Waals surface area contributed by atoms with Crippen molar-refractivity contribution < 1.29 is 18.3 Å². The number of ether oxygens (including phenoxy) is 1. The van der Waals surface area contributed by atoms with Gasteiger partial charge in [0, 0.05) is 6.07 Å². The molecule has 0 aliphatic carbocycles. The highest BCUT2D eigenvalue weighted by Crippen LogP contribution is 2.26. The highest BCUT2D eigenvalue weighted by molar-refractivity contribution is 5.92. The smallest absolute Gasteiger partial charge is 0.338 e. The summed E-state index contributed by atoms with van der Waals surface area (Å²) in [7, 11) is 0. The number of benzene rings is 2. The van der Waals surface area contributed by atoms with Crippen LogP contribution in [-0.2, 0) is 4.74 Å². The van der Waals surface area contributed by atoms with Gasteiger partial charge in [-0.05, 0) is 37.3 Å². The second kappa shape index (κ2) is 6.21. The van der Waals surface area contributed by atoms with Crippen LogP contribution >= 0.6 is 0 Å². The SMILES string of the molecule is CCOC(=O)c1ccc(N)c(Nc2cc(F)ccc2F)c1. The van der Waals surface area contributed by atoms with Gasteiger partial charge in [-0.2, -0.15) is 0 Å². The van der Waals surface area contributed by atoms with Crippen LogP contribution in [0.3, 0.4) is 0 Å². The number of esters is 1. The Kier molecular flexibility index (Phi) is 4.37. The Morgan fingerprint density at radius 3 is 2.67 bits per heavy atom. The Labute approximate surface area is 120 Å². The first-order chi connectivity index (χ1) is 10.0. The standard InChI is InChI=1S/C15H14F2N2O2/c1-2-21-15(20)9-3-6-12(18)14(7-9)19-13-8-10(16)4-5-11(13)17/h3-8,19H,2,18H2,1H3. The molecule has 0 heterocycles. The molecule has 0 saturated heterocycles. The van der Waals surface area contributed by atoms with Crippen molar-refractivity contribution in [2.75, 3.05) is 17.7 Å². The molecule has 110 valence electrons. The highest BCUT2D eigenvalue weighted by Gasteiger charge is 2.11. The van der Waals surface area contributed by atoms with E-state index < -0.39 is 17.6 Å². The second-order valence-electron chi connectivity index (χ2n) is 4.27. The summed E-state index contributed by atoms with van der Waals surface area (Å²) in [4.78, 5) is 11.7. The molecular weight excluding hydrogens is 278 g/mol. The van der Waals surface area contributed by atoms with Gasteiger partial charge in [0.1, 0.15) is 11.6 Å². The van der Waals surface area contributed by atoms with E-state index in [-0.39, 0.29) is 17.9 Å². The molecule has 2 aromatic carbocycles. The quantitative estimate of drug-likeness (QED) is 0.669. The topological polar surface area (TPSA) is 64.3 Å². The molecule has 3 N–H and O–H groups in total. The Balaban J connectivity index is 2.33. The molecule has 0 aliphatic rings. The van der Waals surface area contributed by atoms with E-state index in [1.54, 1.807) is 6.92 Å². The number of halogens is 2. The van der Waals surface area contributed by atoms with Crippen molar-refractivity contribution in [3.05, 3.63) is 53.6 Å². The van der Waals surface area contributed by atoms with Crippen molar-refractivity contribution in [2.45, 2.75) is 6.92 Å². The Morgan fingerprint density at radius 2 is 1.95 bits per heavy atom. The third-order valence-corrected chi connectivity index (χ3v) is 2.76. The maximum Gasteiger partial charge on any atom is 0.338 e. The summed E-state index contributed by atoms with van der Waals surface area (Å²) < 4.78 is 31.6. The lowest BCUT2D eigenvalue weighted by molar-refractivity contribution is 0.0526. The lowest BCUT2D eigenvalue weighted by Gasteiger charge is -2.12. The van der Waals surface area contributed by atoms with E-state index in [0.717, 1.165) is 18.2 Å². The number of nitrogens with one attached hydrogen (secondary N) is 1. The number of hydrogen-bond donors (Lipinski definition) is 2. The summed E-state index contributed by atoms with van der Waals surface area (Å²) in [6.07, 6.45) is 0. The van der Waals surface area contributed by atoms with Gasteiger partial charge in [-0.25, -0.2) is 13.6 Å². The molecule has 0 fully saturated rings. The normalized spacial score (nSPS) is 10.2. The molecule has 4 nitrogen and oxygen atoms in total. The zero-order chi connectivity index (χ0) is 15.4. The fraction of sp³-hybridized carbons (Fsp3) is 0.133.